The largest absolute Gasteiger partial charge is 1.00 e. The Hall–Kier alpha value is -1.07. The summed E-state index contributed by atoms with van der Waals surface area (Å²) in [5.74, 6) is -0.767. The van der Waals surface area contributed by atoms with E-state index in [4.69, 9.17) is 14.6 Å². The summed E-state index contributed by atoms with van der Waals surface area (Å²) in [6.45, 7) is -0.157. The van der Waals surface area contributed by atoms with Gasteiger partial charge >= 0.3 is 24.8 Å². The molecule has 20 heavy (non-hydrogen) atoms. The first-order valence-corrected chi connectivity index (χ1v) is 5.65. The van der Waals surface area contributed by atoms with E-state index in [1.165, 1.54) is 24.3 Å². The van der Waals surface area contributed by atoms with Crippen molar-refractivity contribution in [3.05, 3.63) is 29.8 Å². The van der Waals surface area contributed by atoms with Gasteiger partial charge in [0.2, 0.25) is 6.29 Å². The number of hydrogen-bond acceptors (Lipinski definition) is 6. The average Bonchev–Trinajstić information content (AvgIpc) is 2.40. The van der Waals surface area contributed by atoms with E-state index in [0.717, 1.165) is 0 Å². The van der Waals surface area contributed by atoms with Crippen LogP contribution in [0.4, 0.5) is 0 Å². The molecule has 1 aliphatic heterocycles. The number of carboxylic acid groups (broad SMARTS) is 1. The van der Waals surface area contributed by atoms with Crippen molar-refractivity contribution in [2.24, 2.45) is 0 Å². The molecule has 106 valence electrons. The minimum absolute atomic E-state index is 0. The SMILES string of the molecule is O=C(O)c1ccc(O[C@H]2OC[C@@H](O)[C@H](O)[C@H]2O)cc1.[H-].[Li+]. The number of carbonyl (C=O) groups is 1. The van der Waals surface area contributed by atoms with Crippen LogP contribution in [0, 0.1) is 0 Å². The molecular weight excluding hydrogens is 263 g/mol. The summed E-state index contributed by atoms with van der Waals surface area (Å²) >= 11 is 0. The molecule has 0 aliphatic carbocycles. The molecule has 0 spiro atoms. The van der Waals surface area contributed by atoms with Gasteiger partial charge in [-0.2, -0.15) is 0 Å². The van der Waals surface area contributed by atoms with Gasteiger partial charge < -0.3 is 31.3 Å². The van der Waals surface area contributed by atoms with Crippen LogP contribution in [0.3, 0.4) is 0 Å². The van der Waals surface area contributed by atoms with Gasteiger partial charge in [0.05, 0.1) is 12.2 Å². The molecule has 1 aliphatic rings. The van der Waals surface area contributed by atoms with Gasteiger partial charge in [-0.3, -0.25) is 0 Å². The minimum atomic E-state index is -1.39. The van der Waals surface area contributed by atoms with Crippen LogP contribution in [0.25, 0.3) is 0 Å². The Labute approximate surface area is 128 Å². The van der Waals surface area contributed by atoms with Crippen LogP contribution in [0.1, 0.15) is 11.8 Å². The van der Waals surface area contributed by atoms with E-state index < -0.39 is 30.6 Å². The molecule has 0 saturated carbocycles. The summed E-state index contributed by atoms with van der Waals surface area (Å²) in [5.41, 5.74) is 0.105. The standard InChI is InChI=1S/C12H14O7.Li.H/c13-8-5-18-12(10(15)9(8)14)19-7-3-1-6(2-4-7)11(16)17;;/h1-4,8-10,12-15H,5H2,(H,16,17);;/q;+1;-1/t8-,9+,10-,12-;;/m1../s1. The molecule has 0 radical (unpaired) electrons. The predicted molar refractivity (Wildman–Crippen MR) is 62.9 cm³/mol. The molecular formula is C12H15LiO7. The smallest absolute Gasteiger partial charge is 1.00 e. The Morgan fingerprint density at radius 1 is 1.20 bits per heavy atom. The van der Waals surface area contributed by atoms with Crippen LogP contribution in [0.2, 0.25) is 0 Å². The first-order valence-electron chi connectivity index (χ1n) is 5.65. The molecule has 0 unspecified atom stereocenters. The molecule has 1 saturated heterocycles. The third-order valence-corrected chi connectivity index (χ3v) is 2.81. The molecule has 1 heterocycles. The Kier molecular flexibility index (Phi) is 6.01. The Bertz CT molecular complexity index is 455. The number of hydrogen-bond donors (Lipinski definition) is 4. The van der Waals surface area contributed by atoms with Crippen LogP contribution >= 0.6 is 0 Å². The fourth-order valence-electron chi connectivity index (χ4n) is 1.69. The summed E-state index contributed by atoms with van der Waals surface area (Å²) in [5, 5.41) is 37.1. The van der Waals surface area contributed by atoms with Gasteiger partial charge in [-0.15, -0.1) is 0 Å². The van der Waals surface area contributed by atoms with Crippen LogP contribution in [0.15, 0.2) is 24.3 Å². The van der Waals surface area contributed by atoms with Crippen molar-refractivity contribution in [1.82, 2.24) is 0 Å². The summed E-state index contributed by atoms with van der Waals surface area (Å²) < 4.78 is 10.3. The maximum Gasteiger partial charge on any atom is 1.00 e. The van der Waals surface area contributed by atoms with Gasteiger partial charge in [-0.25, -0.2) is 4.79 Å². The van der Waals surface area contributed by atoms with Crippen molar-refractivity contribution in [3.8, 4) is 5.75 Å². The zero-order valence-corrected chi connectivity index (χ0v) is 10.8. The maximum atomic E-state index is 10.7. The van der Waals surface area contributed by atoms with Gasteiger partial charge in [0.25, 0.3) is 0 Å². The van der Waals surface area contributed by atoms with E-state index in [-0.39, 0.29) is 38.2 Å². The van der Waals surface area contributed by atoms with Gasteiger partial charge in [-0.1, -0.05) is 0 Å². The maximum absolute atomic E-state index is 10.7. The zero-order chi connectivity index (χ0) is 14.0. The van der Waals surface area contributed by atoms with Gasteiger partial charge in [-0.05, 0) is 24.3 Å². The molecule has 1 fully saturated rings. The number of carboxylic acids is 1. The monoisotopic (exact) mass is 278 g/mol. The number of rotatable bonds is 3. The van der Waals surface area contributed by atoms with Crippen LogP contribution in [0.5, 0.6) is 5.75 Å². The molecule has 8 heteroatoms. The van der Waals surface area contributed by atoms with Crippen molar-refractivity contribution in [1.29, 1.82) is 0 Å². The number of aliphatic hydroxyl groups is 3. The number of benzene rings is 1. The fraction of sp³-hybridized carbons (Fsp3) is 0.417. The van der Waals surface area contributed by atoms with Gasteiger partial charge in [0, 0.05) is 0 Å². The average molecular weight is 278 g/mol. The first kappa shape index (κ1) is 17.0. The van der Waals surface area contributed by atoms with Crippen LogP contribution in [-0.2, 0) is 4.74 Å². The molecule has 0 aromatic heterocycles. The second-order valence-electron chi connectivity index (χ2n) is 4.20. The van der Waals surface area contributed by atoms with E-state index in [9.17, 15) is 20.1 Å². The second-order valence-corrected chi connectivity index (χ2v) is 4.20. The molecule has 2 rings (SSSR count). The first-order chi connectivity index (χ1) is 8.99. The molecule has 0 amide bonds. The molecule has 1 aromatic carbocycles. The quantitative estimate of drug-likeness (QED) is 0.421. The topological polar surface area (TPSA) is 116 Å². The van der Waals surface area contributed by atoms with Crippen molar-refractivity contribution in [2.45, 2.75) is 24.6 Å². The van der Waals surface area contributed by atoms with Gasteiger partial charge in [0.15, 0.2) is 0 Å². The fourth-order valence-corrected chi connectivity index (χ4v) is 1.69. The normalized spacial score (nSPS) is 29.4. The van der Waals surface area contributed by atoms with Crippen molar-refractivity contribution in [3.63, 3.8) is 0 Å². The van der Waals surface area contributed by atoms with Gasteiger partial charge in [0.1, 0.15) is 24.1 Å². The van der Waals surface area contributed by atoms with Crippen molar-refractivity contribution in [2.75, 3.05) is 6.61 Å². The van der Waals surface area contributed by atoms with Crippen molar-refractivity contribution < 1.29 is 55.0 Å². The Morgan fingerprint density at radius 2 is 1.80 bits per heavy atom. The van der Waals surface area contributed by atoms with E-state index in [2.05, 4.69) is 0 Å². The summed E-state index contributed by atoms with van der Waals surface area (Å²) in [6.07, 6.45) is -5.02. The molecule has 0 bridgehead atoms. The second kappa shape index (κ2) is 7.08. The molecule has 4 N–H and O–H groups in total. The predicted octanol–water partition coefficient (Wildman–Crippen LogP) is -3.68. The van der Waals surface area contributed by atoms with E-state index in [0.29, 0.717) is 0 Å². The summed E-state index contributed by atoms with van der Waals surface area (Å²) in [7, 11) is 0. The zero-order valence-electron chi connectivity index (χ0n) is 11.8. The van der Waals surface area contributed by atoms with Crippen LogP contribution in [-0.4, -0.2) is 57.6 Å². The van der Waals surface area contributed by atoms with E-state index in [1.54, 1.807) is 0 Å². The molecule has 1 aromatic rings. The summed E-state index contributed by atoms with van der Waals surface area (Å²) in [6, 6.07) is 5.52. The van der Waals surface area contributed by atoms with E-state index in [1.807, 2.05) is 0 Å². The van der Waals surface area contributed by atoms with E-state index >= 15 is 0 Å². The number of aromatic carboxylic acids is 1. The Morgan fingerprint density at radius 3 is 2.35 bits per heavy atom. The molecule has 4 atom stereocenters. The Balaban J connectivity index is 0.00000200. The number of aliphatic hydroxyl groups excluding tert-OH is 3. The third kappa shape index (κ3) is 3.73. The van der Waals surface area contributed by atoms with Crippen LogP contribution < -0.4 is 23.6 Å². The molecule has 7 nitrogen and oxygen atoms in total. The van der Waals surface area contributed by atoms with Crippen molar-refractivity contribution >= 4 is 5.97 Å². The minimum Gasteiger partial charge on any atom is -1.00 e. The number of ether oxygens (including phenoxy) is 2. The summed E-state index contributed by atoms with van der Waals surface area (Å²) in [4.78, 5) is 10.7. The third-order valence-electron chi connectivity index (χ3n) is 2.81.